The molecule has 1 heterocycles. The summed E-state index contributed by atoms with van der Waals surface area (Å²) < 4.78 is 23.0. The number of hydrogen-bond acceptors (Lipinski definition) is 5. The molecule has 7 heteroatoms. The number of rotatable bonds is 5. The van der Waals surface area contributed by atoms with Crippen molar-refractivity contribution < 1.29 is 23.2 Å². The Morgan fingerprint density at radius 1 is 1.38 bits per heavy atom. The number of aromatic nitrogens is 1. The first-order valence-electron chi connectivity index (χ1n) is 7.64. The van der Waals surface area contributed by atoms with Gasteiger partial charge in [-0.2, -0.15) is 0 Å². The number of halogens is 1. The SMILES string of the molecule is Cc1cc(NC(=O)C(C)OC(=O)C2CC2c2ccc(F)cc2)on1. The molecule has 6 nitrogen and oxygen atoms in total. The van der Waals surface area contributed by atoms with Crippen LogP contribution in [-0.4, -0.2) is 23.1 Å². The summed E-state index contributed by atoms with van der Waals surface area (Å²) >= 11 is 0. The first-order valence-corrected chi connectivity index (χ1v) is 7.64. The Morgan fingerprint density at radius 3 is 2.71 bits per heavy atom. The Hall–Kier alpha value is -2.70. The van der Waals surface area contributed by atoms with E-state index in [1.165, 1.54) is 19.1 Å². The molecule has 3 unspecified atom stereocenters. The van der Waals surface area contributed by atoms with E-state index in [4.69, 9.17) is 9.26 Å². The minimum Gasteiger partial charge on any atom is -0.452 e. The summed E-state index contributed by atoms with van der Waals surface area (Å²) in [4.78, 5) is 24.1. The number of aryl methyl sites for hydroxylation is 1. The Kier molecular flexibility index (Phi) is 4.33. The van der Waals surface area contributed by atoms with Crippen molar-refractivity contribution in [1.82, 2.24) is 5.16 Å². The van der Waals surface area contributed by atoms with Crippen molar-refractivity contribution in [3.63, 3.8) is 0 Å². The molecule has 0 spiro atoms. The second-order valence-electron chi connectivity index (χ2n) is 5.90. The van der Waals surface area contributed by atoms with E-state index < -0.39 is 18.0 Å². The fraction of sp³-hybridized carbons (Fsp3) is 0.353. The first kappa shape index (κ1) is 16.2. The van der Waals surface area contributed by atoms with E-state index in [9.17, 15) is 14.0 Å². The summed E-state index contributed by atoms with van der Waals surface area (Å²) in [5.74, 6) is -1.30. The van der Waals surface area contributed by atoms with Gasteiger partial charge in [0.15, 0.2) is 6.10 Å². The number of ether oxygens (including phenoxy) is 1. The van der Waals surface area contributed by atoms with Gasteiger partial charge in [0.25, 0.3) is 5.91 Å². The van der Waals surface area contributed by atoms with Crippen LogP contribution in [0.3, 0.4) is 0 Å². The maximum Gasteiger partial charge on any atom is 0.310 e. The van der Waals surface area contributed by atoms with E-state index >= 15 is 0 Å². The standard InChI is InChI=1S/C17H17FN2O4/c1-9-7-15(24-20-9)19-16(21)10(2)23-17(22)14-8-13(14)11-3-5-12(18)6-4-11/h3-7,10,13-14H,8H2,1-2H3,(H,19,21). The number of anilines is 1. The molecule has 1 fully saturated rings. The highest BCUT2D eigenvalue weighted by Crippen LogP contribution is 2.48. The second-order valence-corrected chi connectivity index (χ2v) is 5.90. The number of benzene rings is 1. The highest BCUT2D eigenvalue weighted by molar-refractivity contribution is 5.94. The van der Waals surface area contributed by atoms with Crippen molar-refractivity contribution in [2.24, 2.45) is 5.92 Å². The van der Waals surface area contributed by atoms with Crippen molar-refractivity contribution in [2.45, 2.75) is 32.3 Å². The second kappa shape index (κ2) is 6.43. The monoisotopic (exact) mass is 332 g/mol. The highest BCUT2D eigenvalue weighted by Gasteiger charge is 2.46. The summed E-state index contributed by atoms with van der Waals surface area (Å²) in [6.45, 7) is 3.22. The third-order valence-electron chi connectivity index (χ3n) is 3.93. The smallest absolute Gasteiger partial charge is 0.310 e. The zero-order chi connectivity index (χ0) is 17.3. The molecule has 1 aromatic carbocycles. The van der Waals surface area contributed by atoms with Crippen molar-refractivity contribution in [3.8, 4) is 0 Å². The average Bonchev–Trinajstić information content (AvgIpc) is 3.24. The molecule has 126 valence electrons. The molecular formula is C17H17FN2O4. The van der Waals surface area contributed by atoms with E-state index in [-0.39, 0.29) is 23.5 Å². The lowest BCUT2D eigenvalue weighted by atomic mass is 10.1. The predicted octanol–water partition coefficient (Wildman–Crippen LogP) is 2.80. The quantitative estimate of drug-likeness (QED) is 0.852. The summed E-state index contributed by atoms with van der Waals surface area (Å²) in [6, 6.07) is 7.63. The van der Waals surface area contributed by atoms with Gasteiger partial charge < -0.3 is 9.26 Å². The number of nitrogens with zero attached hydrogens (tertiary/aromatic N) is 1. The van der Waals surface area contributed by atoms with Gasteiger partial charge in [0.05, 0.1) is 11.6 Å². The minimum absolute atomic E-state index is 0.0188. The van der Waals surface area contributed by atoms with Crippen LogP contribution in [0, 0.1) is 18.7 Å². The number of nitrogens with one attached hydrogen (secondary N) is 1. The fourth-order valence-corrected chi connectivity index (χ4v) is 2.49. The van der Waals surface area contributed by atoms with Gasteiger partial charge in [-0.05, 0) is 43.9 Å². The van der Waals surface area contributed by atoms with E-state index in [1.54, 1.807) is 25.1 Å². The van der Waals surface area contributed by atoms with Crippen LogP contribution in [0.5, 0.6) is 0 Å². The van der Waals surface area contributed by atoms with E-state index in [2.05, 4.69) is 10.5 Å². The maximum atomic E-state index is 12.9. The molecule has 0 bridgehead atoms. The maximum absolute atomic E-state index is 12.9. The zero-order valence-electron chi connectivity index (χ0n) is 13.3. The van der Waals surface area contributed by atoms with Gasteiger partial charge in [0.2, 0.25) is 5.88 Å². The molecule has 1 aliphatic carbocycles. The van der Waals surface area contributed by atoms with Gasteiger partial charge >= 0.3 is 5.97 Å². The minimum atomic E-state index is -0.947. The highest BCUT2D eigenvalue weighted by atomic mass is 19.1. The number of hydrogen-bond donors (Lipinski definition) is 1. The van der Waals surface area contributed by atoms with Crippen LogP contribution in [-0.2, 0) is 14.3 Å². The molecule has 2 aromatic rings. The van der Waals surface area contributed by atoms with Crippen LogP contribution < -0.4 is 5.32 Å². The van der Waals surface area contributed by atoms with E-state index in [1.807, 2.05) is 0 Å². The van der Waals surface area contributed by atoms with E-state index in [0.29, 0.717) is 12.1 Å². The molecule has 1 saturated carbocycles. The van der Waals surface area contributed by atoms with Gasteiger partial charge in [-0.15, -0.1) is 0 Å². The van der Waals surface area contributed by atoms with Gasteiger partial charge in [-0.3, -0.25) is 14.9 Å². The summed E-state index contributed by atoms with van der Waals surface area (Å²) in [5.41, 5.74) is 1.53. The molecule has 0 saturated heterocycles. The Labute approximate surface area is 138 Å². The average molecular weight is 332 g/mol. The van der Waals surface area contributed by atoms with Crippen molar-refractivity contribution in [1.29, 1.82) is 0 Å². The van der Waals surface area contributed by atoms with Crippen molar-refractivity contribution >= 4 is 17.8 Å². The topological polar surface area (TPSA) is 81.4 Å². The van der Waals surface area contributed by atoms with E-state index in [0.717, 1.165) is 5.56 Å². The number of carbonyl (C=O) groups is 2. The largest absolute Gasteiger partial charge is 0.452 e. The molecule has 1 amide bonds. The number of amides is 1. The molecule has 0 radical (unpaired) electrons. The molecular weight excluding hydrogens is 315 g/mol. The third-order valence-corrected chi connectivity index (χ3v) is 3.93. The van der Waals surface area contributed by atoms with Gasteiger partial charge in [0, 0.05) is 6.07 Å². The van der Waals surface area contributed by atoms with Crippen LogP contribution in [0.2, 0.25) is 0 Å². The molecule has 1 aliphatic rings. The summed E-state index contributed by atoms with van der Waals surface area (Å²) in [5, 5.41) is 6.14. The Balaban J connectivity index is 1.51. The molecule has 0 aliphatic heterocycles. The van der Waals surface area contributed by atoms with Crippen LogP contribution >= 0.6 is 0 Å². The van der Waals surface area contributed by atoms with Crippen LogP contribution in [0.4, 0.5) is 10.3 Å². The number of esters is 1. The molecule has 3 atom stereocenters. The normalized spacial score (nSPS) is 20.3. The van der Waals surface area contributed by atoms with Crippen molar-refractivity contribution in [2.75, 3.05) is 5.32 Å². The molecule has 24 heavy (non-hydrogen) atoms. The molecule has 3 rings (SSSR count). The lowest BCUT2D eigenvalue weighted by Crippen LogP contribution is -2.30. The number of carbonyl (C=O) groups excluding carboxylic acids is 2. The van der Waals surface area contributed by atoms with Gasteiger partial charge in [-0.25, -0.2) is 4.39 Å². The Morgan fingerprint density at radius 2 is 2.08 bits per heavy atom. The van der Waals surface area contributed by atoms with Crippen LogP contribution in [0.15, 0.2) is 34.9 Å². The molecule has 1 N–H and O–H groups in total. The summed E-state index contributed by atoms with van der Waals surface area (Å²) in [7, 11) is 0. The lowest BCUT2D eigenvalue weighted by Gasteiger charge is -2.12. The van der Waals surface area contributed by atoms with Crippen molar-refractivity contribution in [3.05, 3.63) is 47.4 Å². The third kappa shape index (κ3) is 3.61. The van der Waals surface area contributed by atoms with Crippen LogP contribution in [0.25, 0.3) is 0 Å². The molecule has 1 aromatic heterocycles. The predicted molar refractivity (Wildman–Crippen MR) is 82.7 cm³/mol. The lowest BCUT2D eigenvalue weighted by molar-refractivity contribution is -0.154. The Bertz CT molecular complexity index is 756. The fourth-order valence-electron chi connectivity index (χ4n) is 2.49. The first-order chi connectivity index (χ1) is 11.4. The van der Waals surface area contributed by atoms with Gasteiger partial charge in [0.1, 0.15) is 5.82 Å². The van der Waals surface area contributed by atoms with Crippen LogP contribution in [0.1, 0.15) is 30.5 Å². The summed E-state index contributed by atoms with van der Waals surface area (Å²) in [6.07, 6.45) is -0.308. The zero-order valence-corrected chi connectivity index (χ0v) is 13.3. The van der Waals surface area contributed by atoms with Gasteiger partial charge in [-0.1, -0.05) is 17.3 Å².